The SMILES string of the molecule is COc1ccc(-c2cc(C(F)(F)F)n3nc(N4CCCC4)c(Cl)c3n2)cc1OC. The van der Waals surface area contributed by atoms with Crippen molar-refractivity contribution in [2.24, 2.45) is 0 Å². The highest BCUT2D eigenvalue weighted by Crippen LogP contribution is 2.38. The molecule has 1 fully saturated rings. The molecule has 1 saturated heterocycles. The van der Waals surface area contributed by atoms with Crippen molar-refractivity contribution < 1.29 is 22.6 Å². The highest BCUT2D eigenvalue weighted by atomic mass is 35.5. The molecule has 0 unspecified atom stereocenters. The fourth-order valence-corrected chi connectivity index (χ4v) is 3.74. The Morgan fingerprint density at radius 2 is 1.72 bits per heavy atom. The lowest BCUT2D eigenvalue weighted by molar-refractivity contribution is -0.142. The number of hydrogen-bond donors (Lipinski definition) is 0. The van der Waals surface area contributed by atoms with Crippen LogP contribution in [-0.2, 0) is 6.18 Å². The van der Waals surface area contributed by atoms with Gasteiger partial charge in [0.15, 0.2) is 28.7 Å². The number of nitrogens with zero attached hydrogens (tertiary/aromatic N) is 4. The van der Waals surface area contributed by atoms with Crippen LogP contribution in [0.4, 0.5) is 19.0 Å². The molecule has 0 N–H and O–H groups in total. The van der Waals surface area contributed by atoms with E-state index < -0.39 is 11.9 Å². The van der Waals surface area contributed by atoms with Crippen molar-refractivity contribution in [1.29, 1.82) is 0 Å². The summed E-state index contributed by atoms with van der Waals surface area (Å²) in [5.74, 6) is 1.18. The normalized spacial score (nSPS) is 14.6. The second kappa shape index (κ2) is 7.29. The van der Waals surface area contributed by atoms with E-state index >= 15 is 0 Å². The van der Waals surface area contributed by atoms with Crippen molar-refractivity contribution in [2.75, 3.05) is 32.2 Å². The van der Waals surface area contributed by atoms with Crippen LogP contribution in [0.1, 0.15) is 18.5 Å². The molecule has 1 aromatic carbocycles. The Kier molecular flexibility index (Phi) is 4.94. The number of alkyl halides is 3. The predicted octanol–water partition coefficient (Wildman–Crippen LogP) is 4.69. The van der Waals surface area contributed by atoms with Crippen molar-refractivity contribution in [1.82, 2.24) is 14.6 Å². The van der Waals surface area contributed by atoms with Crippen molar-refractivity contribution in [2.45, 2.75) is 19.0 Å². The van der Waals surface area contributed by atoms with Crippen LogP contribution in [0.2, 0.25) is 5.02 Å². The summed E-state index contributed by atoms with van der Waals surface area (Å²) in [6.07, 6.45) is -2.74. The van der Waals surface area contributed by atoms with E-state index in [4.69, 9.17) is 21.1 Å². The molecule has 154 valence electrons. The van der Waals surface area contributed by atoms with Crippen molar-refractivity contribution in [3.63, 3.8) is 0 Å². The molecule has 4 rings (SSSR count). The summed E-state index contributed by atoms with van der Waals surface area (Å²) >= 11 is 6.43. The fourth-order valence-electron chi connectivity index (χ4n) is 3.46. The maximum absolute atomic E-state index is 13.8. The van der Waals surface area contributed by atoms with E-state index in [2.05, 4.69) is 10.1 Å². The van der Waals surface area contributed by atoms with Gasteiger partial charge in [0.2, 0.25) is 0 Å². The monoisotopic (exact) mass is 426 g/mol. The molecule has 10 heteroatoms. The average Bonchev–Trinajstić information content (AvgIpc) is 3.34. The molecular formula is C19H18ClF3N4O2. The topological polar surface area (TPSA) is 51.9 Å². The number of rotatable bonds is 4. The van der Waals surface area contributed by atoms with Crippen molar-refractivity contribution in [3.8, 4) is 22.8 Å². The summed E-state index contributed by atoms with van der Waals surface area (Å²) in [6.45, 7) is 1.40. The Bertz CT molecular complexity index is 1060. The molecule has 0 atom stereocenters. The molecule has 0 spiro atoms. The Morgan fingerprint density at radius 3 is 2.34 bits per heavy atom. The van der Waals surface area contributed by atoms with Crippen LogP contribution < -0.4 is 14.4 Å². The Hall–Kier alpha value is -2.68. The third-order valence-electron chi connectivity index (χ3n) is 4.89. The van der Waals surface area contributed by atoms with Gasteiger partial charge < -0.3 is 14.4 Å². The van der Waals surface area contributed by atoms with Crippen LogP contribution in [0.25, 0.3) is 16.9 Å². The van der Waals surface area contributed by atoms with Gasteiger partial charge in [-0.1, -0.05) is 11.6 Å². The number of fused-ring (bicyclic) bond motifs is 1. The maximum atomic E-state index is 13.8. The van der Waals surface area contributed by atoms with Crippen LogP contribution in [0.15, 0.2) is 24.3 Å². The molecule has 0 radical (unpaired) electrons. The predicted molar refractivity (Wildman–Crippen MR) is 103 cm³/mol. The lowest BCUT2D eigenvalue weighted by Crippen LogP contribution is -2.19. The molecule has 29 heavy (non-hydrogen) atoms. The molecule has 0 bridgehead atoms. The number of aromatic nitrogens is 3. The zero-order chi connectivity index (χ0) is 20.8. The first-order valence-corrected chi connectivity index (χ1v) is 9.35. The fraction of sp³-hybridized carbons (Fsp3) is 0.368. The number of ether oxygens (including phenoxy) is 2. The molecule has 3 aromatic rings. The minimum atomic E-state index is -4.63. The number of methoxy groups -OCH3 is 2. The van der Waals surface area contributed by atoms with Gasteiger partial charge in [-0.15, -0.1) is 5.10 Å². The van der Waals surface area contributed by atoms with E-state index in [1.807, 2.05) is 4.90 Å². The molecule has 0 saturated carbocycles. The first-order valence-electron chi connectivity index (χ1n) is 8.97. The highest BCUT2D eigenvalue weighted by molar-refractivity contribution is 6.36. The third-order valence-corrected chi connectivity index (χ3v) is 5.23. The molecule has 1 aliphatic rings. The summed E-state index contributed by atoms with van der Waals surface area (Å²) in [5, 5.41) is 4.25. The third kappa shape index (κ3) is 3.43. The van der Waals surface area contributed by atoms with Crippen LogP contribution in [0, 0.1) is 0 Å². The van der Waals surface area contributed by atoms with E-state index in [1.54, 1.807) is 18.2 Å². The van der Waals surface area contributed by atoms with Gasteiger partial charge in [-0.2, -0.15) is 13.2 Å². The molecule has 0 amide bonds. The van der Waals surface area contributed by atoms with Crippen LogP contribution >= 0.6 is 11.6 Å². The minimum Gasteiger partial charge on any atom is -0.493 e. The minimum absolute atomic E-state index is 0.0341. The second-order valence-electron chi connectivity index (χ2n) is 6.66. The summed E-state index contributed by atoms with van der Waals surface area (Å²) < 4.78 is 52.6. The van der Waals surface area contributed by atoms with Gasteiger partial charge in [0.25, 0.3) is 0 Å². The van der Waals surface area contributed by atoms with E-state index in [0.29, 0.717) is 36.0 Å². The molecule has 3 heterocycles. The van der Waals surface area contributed by atoms with E-state index in [-0.39, 0.29) is 16.4 Å². The Balaban J connectivity index is 1.93. The second-order valence-corrected chi connectivity index (χ2v) is 7.04. The van der Waals surface area contributed by atoms with E-state index in [1.165, 1.54) is 14.2 Å². The van der Waals surface area contributed by atoms with Crippen LogP contribution in [0.5, 0.6) is 11.5 Å². The first kappa shape index (κ1) is 19.6. The van der Waals surface area contributed by atoms with Gasteiger partial charge in [-0.05, 0) is 37.1 Å². The smallest absolute Gasteiger partial charge is 0.433 e. The van der Waals surface area contributed by atoms with Crippen molar-refractivity contribution >= 4 is 23.1 Å². The van der Waals surface area contributed by atoms with Gasteiger partial charge in [0.1, 0.15) is 5.02 Å². The van der Waals surface area contributed by atoms with Gasteiger partial charge in [0.05, 0.1) is 19.9 Å². The lowest BCUT2D eigenvalue weighted by Gasteiger charge is -2.13. The Labute approximate surface area is 169 Å². The van der Waals surface area contributed by atoms with Crippen molar-refractivity contribution in [3.05, 3.63) is 35.0 Å². The van der Waals surface area contributed by atoms with E-state index in [9.17, 15) is 13.2 Å². The number of hydrogen-bond acceptors (Lipinski definition) is 5. The summed E-state index contributed by atoms with van der Waals surface area (Å²) in [6, 6.07) is 5.77. The molecule has 1 aliphatic heterocycles. The quantitative estimate of drug-likeness (QED) is 0.606. The summed E-state index contributed by atoms with van der Waals surface area (Å²) in [5.41, 5.74) is -0.427. The van der Waals surface area contributed by atoms with Crippen LogP contribution in [0.3, 0.4) is 0 Å². The summed E-state index contributed by atoms with van der Waals surface area (Å²) in [7, 11) is 2.94. The number of halogens is 4. The Morgan fingerprint density at radius 1 is 1.03 bits per heavy atom. The summed E-state index contributed by atoms with van der Waals surface area (Å²) in [4.78, 5) is 6.27. The zero-order valence-corrected chi connectivity index (χ0v) is 16.5. The number of benzene rings is 1. The van der Waals surface area contributed by atoms with Gasteiger partial charge in [-0.3, -0.25) is 0 Å². The van der Waals surface area contributed by atoms with Gasteiger partial charge in [0, 0.05) is 18.7 Å². The molecule has 0 aliphatic carbocycles. The zero-order valence-electron chi connectivity index (χ0n) is 15.8. The van der Waals surface area contributed by atoms with E-state index in [0.717, 1.165) is 23.4 Å². The average molecular weight is 427 g/mol. The highest BCUT2D eigenvalue weighted by Gasteiger charge is 2.37. The molecule has 2 aromatic heterocycles. The lowest BCUT2D eigenvalue weighted by atomic mass is 10.1. The van der Waals surface area contributed by atoms with Crippen LogP contribution in [-0.4, -0.2) is 41.9 Å². The van der Waals surface area contributed by atoms with Gasteiger partial charge in [-0.25, -0.2) is 9.50 Å². The molecule has 6 nitrogen and oxygen atoms in total. The standard InChI is InChI=1S/C19H18ClF3N4O2/c1-28-13-6-5-11(9-14(13)29-2)12-10-15(19(21,22)23)27-17(24-12)16(20)18(25-27)26-7-3-4-8-26/h5-6,9-10H,3-4,7-8H2,1-2H3. The maximum Gasteiger partial charge on any atom is 0.433 e. The first-order chi connectivity index (χ1) is 13.8. The number of anilines is 1. The molecular weight excluding hydrogens is 409 g/mol. The van der Waals surface area contributed by atoms with Gasteiger partial charge >= 0.3 is 6.18 Å². The largest absolute Gasteiger partial charge is 0.493 e.